The molecule has 84 valence electrons. The lowest BCUT2D eigenvalue weighted by atomic mass is 10.0. The van der Waals surface area contributed by atoms with E-state index in [1.54, 1.807) is 19.1 Å². The van der Waals surface area contributed by atoms with Gasteiger partial charge in [-0.1, -0.05) is 12.1 Å². The Balaban J connectivity index is 3.01. The summed E-state index contributed by atoms with van der Waals surface area (Å²) >= 11 is 0. The van der Waals surface area contributed by atoms with E-state index in [9.17, 15) is 13.5 Å². The summed E-state index contributed by atoms with van der Waals surface area (Å²) in [5, 5.41) is 9.62. The van der Waals surface area contributed by atoms with Gasteiger partial charge in [-0.15, -0.1) is 0 Å². The second-order valence-electron chi connectivity index (χ2n) is 3.65. The minimum atomic E-state index is -3.18. The Morgan fingerprint density at radius 2 is 1.73 bits per heavy atom. The average Bonchev–Trinajstić information content (AvgIpc) is 2.15. The van der Waals surface area contributed by atoms with Crippen LogP contribution in [0.25, 0.3) is 0 Å². The summed E-state index contributed by atoms with van der Waals surface area (Å²) in [6.07, 6.45) is 0.378. The Bertz CT molecular complexity index is 422. The molecule has 0 fully saturated rings. The van der Waals surface area contributed by atoms with Crippen molar-refractivity contribution in [1.82, 2.24) is 0 Å². The van der Waals surface area contributed by atoms with Crippen LogP contribution in [-0.4, -0.2) is 25.8 Å². The van der Waals surface area contributed by atoms with E-state index in [1.165, 1.54) is 12.1 Å². The normalized spacial score (nSPS) is 16.0. The summed E-state index contributed by atoms with van der Waals surface area (Å²) in [6, 6.07) is 5.70. The van der Waals surface area contributed by atoms with Gasteiger partial charge in [0.15, 0.2) is 9.84 Å². The van der Waals surface area contributed by atoms with E-state index in [0.29, 0.717) is 5.56 Å². The third-order valence-corrected chi connectivity index (χ3v) is 3.28. The van der Waals surface area contributed by atoms with Crippen molar-refractivity contribution in [3.63, 3.8) is 0 Å². The van der Waals surface area contributed by atoms with Crippen LogP contribution in [0.4, 0.5) is 0 Å². The summed E-state index contributed by atoms with van der Waals surface area (Å²) < 4.78 is 22.3. The number of aliphatic hydroxyl groups excluding tert-OH is 1. The first kappa shape index (κ1) is 12.2. The number of hydrogen-bond donors (Lipinski definition) is 2. The van der Waals surface area contributed by atoms with E-state index in [4.69, 9.17) is 5.73 Å². The topological polar surface area (TPSA) is 80.4 Å². The SMILES string of the molecule is C[C@@H](N)[C@H](O)c1ccc(S(C)(=O)=O)cc1. The lowest BCUT2D eigenvalue weighted by Crippen LogP contribution is -2.24. The maximum atomic E-state index is 11.2. The van der Waals surface area contributed by atoms with Crippen LogP contribution in [0.3, 0.4) is 0 Å². The first-order valence-electron chi connectivity index (χ1n) is 4.56. The molecule has 0 aliphatic carbocycles. The van der Waals surface area contributed by atoms with E-state index in [0.717, 1.165) is 6.26 Å². The number of aliphatic hydroxyl groups is 1. The molecule has 0 radical (unpaired) electrons. The number of rotatable bonds is 3. The molecule has 1 aromatic carbocycles. The van der Waals surface area contributed by atoms with E-state index in [2.05, 4.69) is 0 Å². The van der Waals surface area contributed by atoms with Crippen LogP contribution in [0.2, 0.25) is 0 Å². The molecule has 1 aromatic rings. The van der Waals surface area contributed by atoms with Crippen molar-refractivity contribution >= 4 is 9.84 Å². The summed E-state index contributed by atoms with van der Waals surface area (Å²) in [7, 11) is -3.18. The highest BCUT2D eigenvalue weighted by Gasteiger charge is 2.13. The molecule has 15 heavy (non-hydrogen) atoms. The predicted molar refractivity (Wildman–Crippen MR) is 58.2 cm³/mol. The highest BCUT2D eigenvalue weighted by atomic mass is 32.2. The van der Waals surface area contributed by atoms with Crippen molar-refractivity contribution in [3.05, 3.63) is 29.8 Å². The zero-order valence-electron chi connectivity index (χ0n) is 8.71. The molecule has 0 bridgehead atoms. The zero-order valence-corrected chi connectivity index (χ0v) is 9.53. The first-order valence-corrected chi connectivity index (χ1v) is 6.45. The van der Waals surface area contributed by atoms with Gasteiger partial charge in [0.1, 0.15) is 0 Å². The van der Waals surface area contributed by atoms with Crippen molar-refractivity contribution < 1.29 is 13.5 Å². The highest BCUT2D eigenvalue weighted by Crippen LogP contribution is 2.18. The molecule has 0 aliphatic heterocycles. The van der Waals surface area contributed by atoms with Gasteiger partial charge in [-0.25, -0.2) is 8.42 Å². The summed E-state index contributed by atoms with van der Waals surface area (Å²) in [5.41, 5.74) is 6.15. The van der Waals surface area contributed by atoms with E-state index < -0.39 is 15.9 Å². The molecule has 2 atom stereocenters. The molecule has 0 saturated carbocycles. The molecule has 0 heterocycles. The van der Waals surface area contributed by atoms with Gasteiger partial charge in [0, 0.05) is 12.3 Å². The molecular weight excluding hydrogens is 214 g/mol. The van der Waals surface area contributed by atoms with Crippen LogP contribution in [0, 0.1) is 0 Å². The van der Waals surface area contributed by atoms with Crippen LogP contribution in [0.5, 0.6) is 0 Å². The fourth-order valence-electron chi connectivity index (χ4n) is 1.22. The van der Waals surface area contributed by atoms with Crippen LogP contribution < -0.4 is 5.73 Å². The summed E-state index contributed by atoms with van der Waals surface area (Å²) in [4.78, 5) is 0.239. The molecule has 1 rings (SSSR count). The maximum Gasteiger partial charge on any atom is 0.175 e. The van der Waals surface area contributed by atoms with Gasteiger partial charge in [-0.3, -0.25) is 0 Å². The van der Waals surface area contributed by atoms with E-state index in [-0.39, 0.29) is 10.9 Å². The monoisotopic (exact) mass is 229 g/mol. The van der Waals surface area contributed by atoms with Crippen molar-refractivity contribution in [2.24, 2.45) is 5.73 Å². The van der Waals surface area contributed by atoms with Gasteiger partial charge in [-0.2, -0.15) is 0 Å². The second-order valence-corrected chi connectivity index (χ2v) is 5.66. The van der Waals surface area contributed by atoms with Gasteiger partial charge in [0.2, 0.25) is 0 Å². The highest BCUT2D eigenvalue weighted by molar-refractivity contribution is 7.90. The van der Waals surface area contributed by atoms with Crippen molar-refractivity contribution in [3.8, 4) is 0 Å². The average molecular weight is 229 g/mol. The minimum absolute atomic E-state index is 0.239. The van der Waals surface area contributed by atoms with Crippen molar-refractivity contribution in [2.45, 2.75) is 24.0 Å². The predicted octanol–water partition coefficient (Wildman–Crippen LogP) is 0.471. The molecule has 0 saturated heterocycles. The Hall–Kier alpha value is -0.910. The fourth-order valence-corrected chi connectivity index (χ4v) is 1.85. The molecule has 3 N–H and O–H groups in total. The first-order chi connectivity index (χ1) is 6.82. The minimum Gasteiger partial charge on any atom is -0.387 e. The zero-order chi connectivity index (χ0) is 11.6. The molecule has 0 aliphatic rings. The second kappa shape index (κ2) is 4.30. The third-order valence-electron chi connectivity index (χ3n) is 2.15. The lowest BCUT2D eigenvalue weighted by molar-refractivity contribution is 0.153. The molecule has 0 unspecified atom stereocenters. The standard InChI is InChI=1S/C10H15NO3S/c1-7(11)10(12)8-3-5-9(6-4-8)15(2,13)14/h3-7,10,12H,11H2,1-2H3/t7-,10+/m1/s1. The van der Waals surface area contributed by atoms with Crippen LogP contribution in [0.1, 0.15) is 18.6 Å². The van der Waals surface area contributed by atoms with Gasteiger partial charge in [0.25, 0.3) is 0 Å². The third kappa shape index (κ3) is 3.02. The van der Waals surface area contributed by atoms with Crippen LogP contribution in [0.15, 0.2) is 29.2 Å². The molecule has 4 nitrogen and oxygen atoms in total. The molecule has 5 heteroatoms. The van der Waals surface area contributed by atoms with Crippen molar-refractivity contribution in [1.29, 1.82) is 0 Å². The van der Waals surface area contributed by atoms with Gasteiger partial charge in [0.05, 0.1) is 11.0 Å². The van der Waals surface area contributed by atoms with E-state index in [1.807, 2.05) is 0 Å². The van der Waals surface area contributed by atoms with Crippen LogP contribution >= 0.6 is 0 Å². The molecule has 0 spiro atoms. The molecule has 0 amide bonds. The Morgan fingerprint density at radius 3 is 2.07 bits per heavy atom. The summed E-state index contributed by atoms with van der Waals surface area (Å²) in [6.45, 7) is 1.69. The fraction of sp³-hybridized carbons (Fsp3) is 0.400. The number of benzene rings is 1. The lowest BCUT2D eigenvalue weighted by Gasteiger charge is -2.14. The smallest absolute Gasteiger partial charge is 0.175 e. The molecular formula is C10H15NO3S. The maximum absolute atomic E-state index is 11.2. The Morgan fingerprint density at radius 1 is 1.27 bits per heavy atom. The Labute approximate surface area is 89.7 Å². The summed E-state index contributed by atoms with van der Waals surface area (Å²) in [5.74, 6) is 0. The number of hydrogen-bond acceptors (Lipinski definition) is 4. The van der Waals surface area contributed by atoms with Gasteiger partial charge in [-0.05, 0) is 24.6 Å². The van der Waals surface area contributed by atoms with E-state index >= 15 is 0 Å². The Kier molecular flexibility index (Phi) is 3.49. The molecule has 0 aromatic heterocycles. The quantitative estimate of drug-likeness (QED) is 0.789. The van der Waals surface area contributed by atoms with Crippen LogP contribution in [-0.2, 0) is 9.84 Å². The largest absolute Gasteiger partial charge is 0.387 e. The number of nitrogens with two attached hydrogens (primary N) is 1. The van der Waals surface area contributed by atoms with Crippen molar-refractivity contribution in [2.75, 3.05) is 6.26 Å². The number of sulfone groups is 1. The van der Waals surface area contributed by atoms with Gasteiger partial charge < -0.3 is 10.8 Å². The van der Waals surface area contributed by atoms with Gasteiger partial charge >= 0.3 is 0 Å².